The van der Waals surface area contributed by atoms with E-state index in [2.05, 4.69) is 4.98 Å². The normalized spacial score (nSPS) is 18.0. The molecule has 1 fully saturated rings. The number of oxazole rings is 1. The van der Waals surface area contributed by atoms with Crippen LogP contribution in [-0.4, -0.2) is 35.1 Å². The number of methoxy groups -OCH3 is 1. The topological polar surface area (TPSA) is 98.9 Å². The van der Waals surface area contributed by atoms with Crippen LogP contribution in [0.4, 0.5) is 0 Å². The number of ether oxygens (including phenoxy) is 2. The third kappa shape index (κ3) is 5.04. The molecule has 2 aromatic carbocycles. The molecule has 1 aliphatic rings. The van der Waals surface area contributed by atoms with Crippen LogP contribution in [0.1, 0.15) is 63.4 Å². The van der Waals surface area contributed by atoms with E-state index in [1.165, 1.54) is 0 Å². The number of carboxylic acids is 1. The number of benzene rings is 2. The zero-order valence-electron chi connectivity index (χ0n) is 19.7. The highest BCUT2D eigenvalue weighted by atomic mass is 16.5. The molecule has 0 unspecified atom stereocenters. The lowest BCUT2D eigenvalue weighted by molar-refractivity contribution is 0.00216. The Hall–Kier alpha value is -3.45. The Kier molecular flexibility index (Phi) is 7.12. The van der Waals surface area contributed by atoms with E-state index in [0.717, 1.165) is 36.3 Å². The molecule has 2 atom stereocenters. The fourth-order valence-corrected chi connectivity index (χ4v) is 4.55. The molecule has 34 heavy (non-hydrogen) atoms. The second-order valence-electron chi connectivity index (χ2n) is 8.72. The van der Waals surface area contributed by atoms with Gasteiger partial charge in [0.25, 0.3) is 0 Å². The summed E-state index contributed by atoms with van der Waals surface area (Å²) in [6.45, 7) is 3.86. The number of Topliss-reactive ketones (excluding diaryl/α,β-unsaturated/α-hetero) is 1. The molecule has 1 N–H and O–H groups in total. The van der Waals surface area contributed by atoms with E-state index in [-0.39, 0.29) is 35.5 Å². The van der Waals surface area contributed by atoms with Crippen LogP contribution in [0, 0.1) is 19.8 Å². The molecule has 1 aromatic heterocycles. The van der Waals surface area contributed by atoms with Crippen LogP contribution in [0.3, 0.4) is 0 Å². The molecule has 3 aromatic rings. The first kappa shape index (κ1) is 23.7. The second kappa shape index (κ2) is 10.2. The highest BCUT2D eigenvalue weighted by molar-refractivity contribution is 6.07. The SMILES string of the molecule is COc1cccc(-c2nc(CO[C@@H]3CCC[C@H](C(=O)c4cccc(C)c4C(=O)O)C3)c(C)o2)c1. The van der Waals surface area contributed by atoms with E-state index in [1.54, 1.807) is 32.2 Å². The van der Waals surface area contributed by atoms with Crippen LogP contribution in [0.25, 0.3) is 11.5 Å². The van der Waals surface area contributed by atoms with Crippen molar-refractivity contribution in [2.75, 3.05) is 7.11 Å². The summed E-state index contributed by atoms with van der Waals surface area (Å²) in [5.41, 5.74) is 2.52. The van der Waals surface area contributed by atoms with Gasteiger partial charge in [-0.15, -0.1) is 0 Å². The Labute approximate surface area is 198 Å². The third-order valence-electron chi connectivity index (χ3n) is 6.41. The standard InChI is InChI=1S/C27H29NO6/c1-16-7-4-12-22(24(16)27(30)31)25(29)18-8-5-11-21(13-18)33-15-23-17(2)34-26(28-23)19-9-6-10-20(14-19)32-3/h4,6-7,9-10,12,14,18,21H,5,8,11,13,15H2,1-3H3,(H,30,31)/t18-,21+/m0/s1. The van der Waals surface area contributed by atoms with Crippen molar-refractivity contribution < 1.29 is 28.6 Å². The number of nitrogens with zero attached hydrogens (tertiary/aromatic N) is 1. The number of hydrogen-bond acceptors (Lipinski definition) is 6. The van der Waals surface area contributed by atoms with Gasteiger partial charge in [-0.2, -0.15) is 0 Å². The van der Waals surface area contributed by atoms with Crippen molar-refractivity contribution >= 4 is 11.8 Å². The highest BCUT2D eigenvalue weighted by Gasteiger charge is 2.31. The number of hydrogen-bond donors (Lipinski definition) is 1. The Morgan fingerprint density at radius 3 is 2.71 bits per heavy atom. The number of aryl methyl sites for hydroxylation is 2. The van der Waals surface area contributed by atoms with E-state index in [4.69, 9.17) is 13.9 Å². The maximum absolute atomic E-state index is 13.2. The van der Waals surface area contributed by atoms with Gasteiger partial charge in [0, 0.05) is 17.0 Å². The van der Waals surface area contributed by atoms with E-state index in [1.807, 2.05) is 31.2 Å². The summed E-state index contributed by atoms with van der Waals surface area (Å²) < 4.78 is 17.3. The minimum Gasteiger partial charge on any atom is -0.497 e. The van der Waals surface area contributed by atoms with Gasteiger partial charge in [-0.1, -0.05) is 30.7 Å². The fourth-order valence-electron chi connectivity index (χ4n) is 4.55. The first-order valence-electron chi connectivity index (χ1n) is 11.5. The number of rotatable bonds is 8. The molecule has 7 heteroatoms. The van der Waals surface area contributed by atoms with Gasteiger partial charge in [-0.3, -0.25) is 4.79 Å². The van der Waals surface area contributed by atoms with Crippen LogP contribution >= 0.6 is 0 Å². The first-order chi connectivity index (χ1) is 16.4. The van der Waals surface area contributed by atoms with Crippen molar-refractivity contribution in [3.63, 3.8) is 0 Å². The molecule has 1 saturated carbocycles. The van der Waals surface area contributed by atoms with Gasteiger partial charge in [-0.25, -0.2) is 9.78 Å². The third-order valence-corrected chi connectivity index (χ3v) is 6.41. The van der Waals surface area contributed by atoms with Crippen LogP contribution in [0.2, 0.25) is 0 Å². The zero-order valence-corrected chi connectivity index (χ0v) is 19.7. The predicted molar refractivity (Wildman–Crippen MR) is 126 cm³/mol. The molecular weight excluding hydrogens is 434 g/mol. The molecule has 1 heterocycles. The van der Waals surface area contributed by atoms with Gasteiger partial charge >= 0.3 is 5.97 Å². The average Bonchev–Trinajstić information content (AvgIpc) is 3.22. The molecule has 0 bridgehead atoms. The number of carbonyl (C=O) groups excluding carboxylic acids is 1. The smallest absolute Gasteiger partial charge is 0.336 e. The van der Waals surface area contributed by atoms with E-state index in [9.17, 15) is 14.7 Å². The molecule has 7 nitrogen and oxygen atoms in total. The summed E-state index contributed by atoms with van der Waals surface area (Å²) >= 11 is 0. The van der Waals surface area contributed by atoms with Crippen molar-refractivity contribution in [3.05, 3.63) is 70.6 Å². The quantitative estimate of drug-likeness (QED) is 0.433. The predicted octanol–water partition coefficient (Wildman–Crippen LogP) is 5.62. The molecular formula is C27H29NO6. The number of carbonyl (C=O) groups is 2. The van der Waals surface area contributed by atoms with E-state index >= 15 is 0 Å². The molecule has 0 spiro atoms. The zero-order chi connectivity index (χ0) is 24.2. The summed E-state index contributed by atoms with van der Waals surface area (Å²) in [6.07, 6.45) is 2.89. The number of carboxylic acid groups (broad SMARTS) is 1. The Morgan fingerprint density at radius 1 is 1.15 bits per heavy atom. The maximum atomic E-state index is 13.2. The van der Waals surface area contributed by atoms with Gasteiger partial charge < -0.3 is 19.0 Å². The lowest BCUT2D eigenvalue weighted by Gasteiger charge is -2.28. The first-order valence-corrected chi connectivity index (χ1v) is 11.5. The lowest BCUT2D eigenvalue weighted by atomic mass is 9.81. The summed E-state index contributed by atoms with van der Waals surface area (Å²) in [6, 6.07) is 12.6. The van der Waals surface area contributed by atoms with Crippen molar-refractivity contribution in [1.29, 1.82) is 0 Å². The van der Waals surface area contributed by atoms with Crippen molar-refractivity contribution in [3.8, 4) is 17.2 Å². The molecule has 178 valence electrons. The van der Waals surface area contributed by atoms with Crippen LogP contribution in [-0.2, 0) is 11.3 Å². The number of aromatic carboxylic acids is 1. The minimum atomic E-state index is -1.07. The van der Waals surface area contributed by atoms with Crippen molar-refractivity contribution in [2.45, 2.75) is 52.2 Å². The van der Waals surface area contributed by atoms with Crippen LogP contribution < -0.4 is 4.74 Å². The molecule has 0 aliphatic heterocycles. The molecule has 1 aliphatic carbocycles. The van der Waals surface area contributed by atoms with Gasteiger partial charge in [0.15, 0.2) is 5.78 Å². The van der Waals surface area contributed by atoms with Crippen molar-refractivity contribution in [2.24, 2.45) is 5.92 Å². The van der Waals surface area contributed by atoms with Gasteiger partial charge in [0.05, 0.1) is 25.4 Å². The lowest BCUT2D eigenvalue weighted by Crippen LogP contribution is -2.29. The second-order valence-corrected chi connectivity index (χ2v) is 8.72. The number of aromatic nitrogens is 1. The van der Waals surface area contributed by atoms with Gasteiger partial charge in [0.2, 0.25) is 5.89 Å². The fraction of sp³-hybridized carbons (Fsp3) is 0.370. The number of ketones is 1. The average molecular weight is 464 g/mol. The summed E-state index contributed by atoms with van der Waals surface area (Å²) in [5, 5.41) is 9.60. The maximum Gasteiger partial charge on any atom is 0.336 e. The Morgan fingerprint density at radius 2 is 1.94 bits per heavy atom. The summed E-state index contributed by atoms with van der Waals surface area (Å²) in [7, 11) is 1.61. The summed E-state index contributed by atoms with van der Waals surface area (Å²) in [5.74, 6) is 0.471. The molecule has 0 saturated heterocycles. The highest BCUT2D eigenvalue weighted by Crippen LogP contribution is 2.32. The van der Waals surface area contributed by atoms with Crippen molar-refractivity contribution in [1.82, 2.24) is 4.98 Å². The van der Waals surface area contributed by atoms with E-state index < -0.39 is 5.97 Å². The van der Waals surface area contributed by atoms with Gasteiger partial charge in [-0.05, 0) is 56.9 Å². The van der Waals surface area contributed by atoms with Gasteiger partial charge in [0.1, 0.15) is 17.2 Å². The van der Waals surface area contributed by atoms with Crippen LogP contribution in [0.5, 0.6) is 5.75 Å². The van der Waals surface area contributed by atoms with Crippen LogP contribution in [0.15, 0.2) is 46.9 Å². The minimum absolute atomic E-state index is 0.0961. The molecule has 0 radical (unpaired) electrons. The Bertz CT molecular complexity index is 1200. The Balaban J connectivity index is 1.43. The monoisotopic (exact) mass is 463 g/mol. The van der Waals surface area contributed by atoms with E-state index in [0.29, 0.717) is 23.6 Å². The largest absolute Gasteiger partial charge is 0.497 e. The molecule has 0 amide bonds. The molecule has 4 rings (SSSR count). The summed E-state index contributed by atoms with van der Waals surface area (Å²) in [4.78, 5) is 29.5.